The molecule has 6 heteroatoms. The Morgan fingerprint density at radius 2 is 1.68 bits per heavy atom. The van der Waals surface area contributed by atoms with Crippen LogP contribution in [0.25, 0.3) is 0 Å². The molecule has 2 aromatic carbocycles. The zero-order valence-corrected chi connectivity index (χ0v) is 13.8. The molecule has 0 fully saturated rings. The smallest absolute Gasteiger partial charge is 0.215 e. The third-order valence-corrected chi connectivity index (χ3v) is 4.92. The average Bonchev–Trinajstić information content (AvgIpc) is 2.50. The van der Waals surface area contributed by atoms with Crippen LogP contribution in [0.4, 0.5) is 0 Å². The van der Waals surface area contributed by atoms with Crippen LogP contribution >= 0.6 is 11.6 Å². The lowest BCUT2D eigenvalue weighted by atomic mass is 10.1. The Hall–Kier alpha value is -1.56. The van der Waals surface area contributed by atoms with Gasteiger partial charge in [-0.2, -0.15) is 0 Å². The Balaban J connectivity index is 1.94. The Morgan fingerprint density at radius 1 is 1.05 bits per heavy atom. The van der Waals surface area contributed by atoms with Crippen LogP contribution in [-0.4, -0.2) is 22.1 Å². The van der Waals surface area contributed by atoms with E-state index in [9.17, 15) is 8.42 Å². The highest BCUT2D eigenvalue weighted by Gasteiger charge is 2.13. The van der Waals surface area contributed by atoms with Crippen molar-refractivity contribution in [3.8, 4) is 5.75 Å². The summed E-state index contributed by atoms with van der Waals surface area (Å²) in [6.45, 7) is 0.313. The van der Waals surface area contributed by atoms with E-state index < -0.39 is 10.0 Å². The molecule has 0 aliphatic carbocycles. The molecule has 0 saturated carbocycles. The SMILES string of the molecule is COc1ccccc1CCNS(=O)(=O)Cc1ccccc1Cl. The molecule has 0 aliphatic heterocycles. The van der Waals surface area contributed by atoms with Gasteiger partial charge in [-0.1, -0.05) is 48.0 Å². The van der Waals surface area contributed by atoms with Crippen LogP contribution in [0.5, 0.6) is 5.75 Å². The summed E-state index contributed by atoms with van der Waals surface area (Å²) in [5, 5.41) is 0.456. The molecule has 0 heterocycles. The molecule has 0 spiro atoms. The Bertz CT molecular complexity index is 732. The molecule has 0 atom stereocenters. The maximum absolute atomic E-state index is 12.1. The highest BCUT2D eigenvalue weighted by molar-refractivity contribution is 7.88. The number of para-hydroxylation sites is 1. The summed E-state index contributed by atoms with van der Waals surface area (Å²) >= 11 is 5.99. The molecule has 1 N–H and O–H groups in total. The van der Waals surface area contributed by atoms with E-state index in [0.29, 0.717) is 23.6 Å². The minimum absolute atomic E-state index is 0.126. The number of hydrogen-bond donors (Lipinski definition) is 1. The van der Waals surface area contributed by atoms with Crippen LogP contribution in [0.3, 0.4) is 0 Å². The lowest BCUT2D eigenvalue weighted by Gasteiger charge is -2.10. The standard InChI is InChI=1S/C16H18ClNO3S/c1-21-16-9-5-3-6-13(16)10-11-18-22(19,20)12-14-7-2-4-8-15(14)17/h2-9,18H,10-12H2,1H3. The third kappa shape index (κ3) is 4.73. The number of benzene rings is 2. The van der Waals surface area contributed by atoms with Gasteiger partial charge in [-0.3, -0.25) is 0 Å². The maximum atomic E-state index is 12.1. The fourth-order valence-corrected chi connectivity index (χ4v) is 3.58. The molecule has 0 bridgehead atoms. The van der Waals surface area contributed by atoms with Crippen LogP contribution in [0, 0.1) is 0 Å². The van der Waals surface area contributed by atoms with Gasteiger partial charge in [-0.25, -0.2) is 13.1 Å². The van der Waals surface area contributed by atoms with Gasteiger partial charge in [0.05, 0.1) is 12.9 Å². The second-order valence-corrected chi connectivity index (χ2v) is 7.02. The zero-order valence-electron chi connectivity index (χ0n) is 12.3. The molecule has 0 aliphatic rings. The normalized spacial score (nSPS) is 11.4. The van der Waals surface area contributed by atoms with E-state index in [1.807, 2.05) is 24.3 Å². The maximum Gasteiger partial charge on any atom is 0.215 e. The fourth-order valence-electron chi connectivity index (χ4n) is 2.12. The monoisotopic (exact) mass is 339 g/mol. The Morgan fingerprint density at radius 3 is 2.36 bits per heavy atom. The molecule has 0 unspecified atom stereocenters. The van der Waals surface area contributed by atoms with E-state index in [-0.39, 0.29) is 5.75 Å². The highest BCUT2D eigenvalue weighted by Crippen LogP contribution is 2.18. The number of hydrogen-bond acceptors (Lipinski definition) is 3. The summed E-state index contributed by atoms with van der Waals surface area (Å²) in [5.41, 5.74) is 1.56. The number of sulfonamides is 1. The zero-order chi connectivity index (χ0) is 16.0. The van der Waals surface area contributed by atoms with Crippen LogP contribution in [0.2, 0.25) is 5.02 Å². The molecular weight excluding hydrogens is 322 g/mol. The predicted molar refractivity (Wildman–Crippen MR) is 88.8 cm³/mol. The lowest BCUT2D eigenvalue weighted by molar-refractivity contribution is 0.409. The second-order valence-electron chi connectivity index (χ2n) is 4.81. The molecule has 0 aromatic heterocycles. The van der Waals surface area contributed by atoms with Crippen LogP contribution < -0.4 is 9.46 Å². The first-order valence-electron chi connectivity index (χ1n) is 6.84. The minimum Gasteiger partial charge on any atom is -0.496 e. The van der Waals surface area contributed by atoms with Crippen molar-refractivity contribution in [1.29, 1.82) is 0 Å². The summed E-state index contributed by atoms with van der Waals surface area (Å²) in [7, 11) is -1.82. The summed E-state index contributed by atoms with van der Waals surface area (Å²) in [5.74, 6) is 0.631. The fraction of sp³-hybridized carbons (Fsp3) is 0.250. The van der Waals surface area contributed by atoms with E-state index in [0.717, 1.165) is 11.3 Å². The van der Waals surface area contributed by atoms with Crippen molar-refractivity contribution in [2.45, 2.75) is 12.2 Å². The van der Waals surface area contributed by atoms with Crippen LogP contribution in [0.1, 0.15) is 11.1 Å². The van der Waals surface area contributed by atoms with Gasteiger partial charge in [-0.05, 0) is 29.7 Å². The summed E-state index contributed by atoms with van der Waals surface area (Å²) in [6, 6.07) is 14.5. The quantitative estimate of drug-likeness (QED) is 0.843. The first-order valence-corrected chi connectivity index (χ1v) is 8.87. The topological polar surface area (TPSA) is 55.4 Å². The molecule has 0 saturated heterocycles. The van der Waals surface area contributed by atoms with E-state index in [4.69, 9.17) is 16.3 Å². The van der Waals surface area contributed by atoms with Gasteiger partial charge < -0.3 is 4.74 Å². The minimum atomic E-state index is -3.42. The number of ether oxygens (including phenoxy) is 1. The molecular formula is C16H18ClNO3S. The van der Waals surface area contributed by atoms with E-state index in [2.05, 4.69) is 4.72 Å². The van der Waals surface area contributed by atoms with Crippen molar-refractivity contribution >= 4 is 21.6 Å². The largest absolute Gasteiger partial charge is 0.496 e. The second kappa shape index (κ2) is 7.63. The predicted octanol–water partition coefficient (Wildman–Crippen LogP) is 3.01. The molecule has 0 radical (unpaired) electrons. The molecule has 2 aromatic rings. The van der Waals surface area contributed by atoms with Crippen LogP contribution in [-0.2, 0) is 22.2 Å². The van der Waals surface area contributed by atoms with E-state index in [1.165, 1.54) is 0 Å². The first kappa shape index (κ1) is 16.8. The summed E-state index contributed by atoms with van der Waals surface area (Å²) < 4.78 is 32.0. The molecule has 0 amide bonds. The number of nitrogens with one attached hydrogen (secondary N) is 1. The van der Waals surface area contributed by atoms with Gasteiger partial charge in [0.1, 0.15) is 5.75 Å². The van der Waals surface area contributed by atoms with E-state index >= 15 is 0 Å². The molecule has 22 heavy (non-hydrogen) atoms. The van der Waals surface area contributed by atoms with Gasteiger partial charge in [0.25, 0.3) is 0 Å². The van der Waals surface area contributed by atoms with Crippen LogP contribution in [0.15, 0.2) is 48.5 Å². The number of rotatable bonds is 7. The number of methoxy groups -OCH3 is 1. The molecule has 2 rings (SSSR count). The third-order valence-electron chi connectivity index (χ3n) is 3.21. The Kier molecular flexibility index (Phi) is 5.83. The van der Waals surface area contributed by atoms with Gasteiger partial charge in [0, 0.05) is 11.6 Å². The van der Waals surface area contributed by atoms with Crippen molar-refractivity contribution in [1.82, 2.24) is 4.72 Å². The van der Waals surface area contributed by atoms with Crippen molar-refractivity contribution in [2.75, 3.05) is 13.7 Å². The average molecular weight is 340 g/mol. The van der Waals surface area contributed by atoms with E-state index in [1.54, 1.807) is 31.4 Å². The summed E-state index contributed by atoms with van der Waals surface area (Å²) in [4.78, 5) is 0. The van der Waals surface area contributed by atoms with Crippen molar-refractivity contribution in [3.63, 3.8) is 0 Å². The summed E-state index contributed by atoms with van der Waals surface area (Å²) in [6.07, 6.45) is 0.561. The lowest BCUT2D eigenvalue weighted by Crippen LogP contribution is -2.27. The molecule has 118 valence electrons. The van der Waals surface area contributed by atoms with Gasteiger partial charge in [-0.15, -0.1) is 0 Å². The highest BCUT2D eigenvalue weighted by atomic mass is 35.5. The van der Waals surface area contributed by atoms with Gasteiger partial charge in [0.15, 0.2) is 0 Å². The van der Waals surface area contributed by atoms with Gasteiger partial charge in [0.2, 0.25) is 10.0 Å². The Labute approximate surface area is 136 Å². The molecule has 4 nitrogen and oxygen atoms in total. The van der Waals surface area contributed by atoms with Crippen molar-refractivity contribution in [3.05, 3.63) is 64.7 Å². The van der Waals surface area contributed by atoms with Crippen molar-refractivity contribution in [2.24, 2.45) is 0 Å². The first-order chi connectivity index (χ1) is 10.5. The number of halogens is 1. The van der Waals surface area contributed by atoms with Crippen molar-refractivity contribution < 1.29 is 13.2 Å². The van der Waals surface area contributed by atoms with Gasteiger partial charge >= 0.3 is 0 Å².